The van der Waals surface area contributed by atoms with E-state index in [9.17, 15) is 0 Å². The van der Waals surface area contributed by atoms with Crippen LogP contribution in [0, 0.1) is 0 Å². The molecule has 0 aliphatic heterocycles. The zero-order valence-corrected chi connectivity index (χ0v) is 10.1. The van der Waals surface area contributed by atoms with Crippen molar-refractivity contribution in [1.82, 2.24) is 19.7 Å². The van der Waals surface area contributed by atoms with E-state index >= 15 is 0 Å². The maximum Gasteiger partial charge on any atom is 0.173 e. The molecule has 0 unspecified atom stereocenters. The fourth-order valence-electron chi connectivity index (χ4n) is 1.85. The highest BCUT2D eigenvalue weighted by Crippen LogP contribution is 2.19. The van der Waals surface area contributed by atoms with Gasteiger partial charge in [0.15, 0.2) is 11.6 Å². The van der Waals surface area contributed by atoms with Crippen LogP contribution < -0.4 is 5.73 Å². The summed E-state index contributed by atoms with van der Waals surface area (Å²) in [5.74, 6) is 1.18. The molecule has 0 aliphatic carbocycles. The van der Waals surface area contributed by atoms with E-state index in [-0.39, 0.29) is 4.99 Å². The van der Waals surface area contributed by atoms with Gasteiger partial charge in [-0.05, 0) is 0 Å². The minimum absolute atomic E-state index is 0.231. The van der Waals surface area contributed by atoms with Gasteiger partial charge in [0.1, 0.15) is 4.99 Å². The zero-order chi connectivity index (χ0) is 12.5. The maximum absolute atomic E-state index is 5.64. The van der Waals surface area contributed by atoms with Crippen LogP contribution in [0.5, 0.6) is 0 Å². The van der Waals surface area contributed by atoms with E-state index in [2.05, 4.69) is 15.2 Å². The molecule has 0 atom stereocenters. The molecule has 5 nitrogen and oxygen atoms in total. The minimum Gasteiger partial charge on any atom is -0.387 e. The third-order valence-electron chi connectivity index (χ3n) is 2.64. The highest BCUT2D eigenvalue weighted by molar-refractivity contribution is 7.80. The van der Waals surface area contributed by atoms with E-state index in [0.29, 0.717) is 11.6 Å². The fraction of sp³-hybridized carbons (Fsp3) is 0. The lowest BCUT2D eigenvalue weighted by Crippen LogP contribution is -2.16. The van der Waals surface area contributed by atoms with Crippen LogP contribution in [-0.2, 0) is 0 Å². The van der Waals surface area contributed by atoms with Gasteiger partial charge in [0, 0.05) is 23.2 Å². The van der Waals surface area contributed by atoms with Gasteiger partial charge in [-0.3, -0.25) is 4.57 Å². The Morgan fingerprint density at radius 1 is 1.28 bits per heavy atom. The van der Waals surface area contributed by atoms with Crippen LogP contribution in [0.1, 0.15) is 5.82 Å². The van der Waals surface area contributed by atoms with Gasteiger partial charge in [0.25, 0.3) is 0 Å². The summed E-state index contributed by atoms with van der Waals surface area (Å²) in [7, 11) is 0. The molecule has 88 valence electrons. The second kappa shape index (κ2) is 4.15. The third kappa shape index (κ3) is 1.63. The van der Waals surface area contributed by atoms with Crippen LogP contribution in [0.15, 0.2) is 42.9 Å². The van der Waals surface area contributed by atoms with Gasteiger partial charge >= 0.3 is 0 Å². The molecule has 2 N–H and O–H groups in total. The standard InChI is InChI=1S/C12H9N5S/c13-10(18)12-14-5-6-17(12)11-9-4-2-1-3-8(9)7-15-16-11/h1-7H,(H2,13,18). The molecule has 0 spiro atoms. The molecule has 2 heterocycles. The quantitative estimate of drug-likeness (QED) is 0.702. The van der Waals surface area contributed by atoms with E-state index in [1.165, 1.54) is 0 Å². The smallest absolute Gasteiger partial charge is 0.173 e. The highest BCUT2D eigenvalue weighted by Gasteiger charge is 2.11. The first kappa shape index (κ1) is 10.8. The molecule has 3 rings (SSSR count). The van der Waals surface area contributed by atoms with Crippen LogP contribution in [0.2, 0.25) is 0 Å². The lowest BCUT2D eigenvalue weighted by Gasteiger charge is -2.07. The molecule has 3 aromatic rings. The molecule has 1 aromatic carbocycles. The summed E-state index contributed by atoms with van der Waals surface area (Å²) in [6.45, 7) is 0. The number of hydrogen-bond donors (Lipinski definition) is 1. The van der Waals surface area contributed by atoms with E-state index in [1.54, 1.807) is 23.2 Å². The Labute approximate surface area is 108 Å². The van der Waals surface area contributed by atoms with Gasteiger partial charge in [0.2, 0.25) is 0 Å². The minimum atomic E-state index is 0.231. The van der Waals surface area contributed by atoms with Crippen molar-refractivity contribution in [2.45, 2.75) is 0 Å². The Balaban J connectivity index is 2.32. The van der Waals surface area contributed by atoms with Crippen LogP contribution in [0.4, 0.5) is 0 Å². The van der Waals surface area contributed by atoms with Crippen LogP contribution >= 0.6 is 12.2 Å². The van der Waals surface area contributed by atoms with Gasteiger partial charge in [-0.1, -0.05) is 36.5 Å². The second-order valence-electron chi connectivity index (χ2n) is 3.74. The van der Waals surface area contributed by atoms with Crippen molar-refractivity contribution < 1.29 is 0 Å². The number of aromatic nitrogens is 4. The van der Waals surface area contributed by atoms with Crippen molar-refractivity contribution in [2.75, 3.05) is 0 Å². The molecule has 6 heteroatoms. The number of benzene rings is 1. The van der Waals surface area contributed by atoms with E-state index in [0.717, 1.165) is 10.8 Å². The summed E-state index contributed by atoms with van der Waals surface area (Å²) in [6, 6.07) is 7.86. The number of imidazole rings is 1. The normalized spacial score (nSPS) is 10.7. The molecule has 0 amide bonds. The van der Waals surface area contributed by atoms with Crippen molar-refractivity contribution in [2.24, 2.45) is 5.73 Å². The van der Waals surface area contributed by atoms with Crippen molar-refractivity contribution in [3.8, 4) is 5.82 Å². The molecular formula is C12H9N5S. The van der Waals surface area contributed by atoms with Gasteiger partial charge in [0.05, 0.1) is 6.20 Å². The lowest BCUT2D eigenvalue weighted by atomic mass is 10.2. The van der Waals surface area contributed by atoms with Crippen molar-refractivity contribution in [3.05, 3.63) is 48.7 Å². The maximum atomic E-state index is 5.64. The number of thiocarbonyl (C=S) groups is 1. The first-order valence-corrected chi connectivity index (χ1v) is 5.72. The number of fused-ring (bicyclic) bond motifs is 1. The summed E-state index contributed by atoms with van der Waals surface area (Å²) in [5, 5.41) is 10.1. The number of rotatable bonds is 2. The third-order valence-corrected chi connectivity index (χ3v) is 2.82. The van der Waals surface area contributed by atoms with Crippen LogP contribution in [0.25, 0.3) is 16.6 Å². The monoisotopic (exact) mass is 255 g/mol. The molecule has 2 aromatic heterocycles. The van der Waals surface area contributed by atoms with E-state index in [1.807, 2.05) is 24.3 Å². The summed E-state index contributed by atoms with van der Waals surface area (Å²) in [5.41, 5.74) is 5.64. The predicted octanol–water partition coefficient (Wildman–Crippen LogP) is 1.45. The average molecular weight is 255 g/mol. The predicted molar refractivity (Wildman–Crippen MR) is 72.5 cm³/mol. The molecule has 0 bridgehead atoms. The first-order chi connectivity index (χ1) is 8.77. The van der Waals surface area contributed by atoms with Gasteiger partial charge < -0.3 is 5.73 Å². The summed E-state index contributed by atoms with van der Waals surface area (Å²) >= 11 is 4.97. The fourth-order valence-corrected chi connectivity index (χ4v) is 2.00. The lowest BCUT2D eigenvalue weighted by molar-refractivity contribution is 0.921. The molecule has 0 fully saturated rings. The van der Waals surface area contributed by atoms with Gasteiger partial charge in [-0.25, -0.2) is 4.98 Å². The topological polar surface area (TPSA) is 69.6 Å². The summed E-state index contributed by atoms with van der Waals surface area (Å²) in [6.07, 6.45) is 5.12. The Bertz CT molecular complexity index is 729. The molecule has 0 aliphatic rings. The number of hydrogen-bond acceptors (Lipinski definition) is 4. The summed E-state index contributed by atoms with van der Waals surface area (Å²) in [4.78, 5) is 4.36. The second-order valence-corrected chi connectivity index (χ2v) is 4.18. The average Bonchev–Trinajstić information content (AvgIpc) is 2.87. The SMILES string of the molecule is NC(=S)c1nccn1-c1nncc2ccccc12. The number of nitrogens with two attached hydrogens (primary N) is 1. The molecule has 0 saturated carbocycles. The number of nitrogens with zero attached hydrogens (tertiary/aromatic N) is 4. The first-order valence-electron chi connectivity index (χ1n) is 5.31. The van der Waals surface area contributed by atoms with Crippen molar-refractivity contribution in [3.63, 3.8) is 0 Å². The largest absolute Gasteiger partial charge is 0.387 e. The Morgan fingerprint density at radius 3 is 2.94 bits per heavy atom. The Kier molecular flexibility index (Phi) is 2.49. The zero-order valence-electron chi connectivity index (χ0n) is 9.32. The molecule has 18 heavy (non-hydrogen) atoms. The molecule has 0 saturated heterocycles. The molecular weight excluding hydrogens is 246 g/mol. The van der Waals surface area contributed by atoms with E-state index in [4.69, 9.17) is 18.0 Å². The Morgan fingerprint density at radius 2 is 2.11 bits per heavy atom. The van der Waals surface area contributed by atoms with Crippen LogP contribution in [-0.4, -0.2) is 24.7 Å². The van der Waals surface area contributed by atoms with Crippen LogP contribution in [0.3, 0.4) is 0 Å². The Hall–Kier alpha value is -2.34. The van der Waals surface area contributed by atoms with E-state index < -0.39 is 0 Å². The van der Waals surface area contributed by atoms with Crippen molar-refractivity contribution in [1.29, 1.82) is 0 Å². The highest BCUT2D eigenvalue weighted by atomic mass is 32.1. The van der Waals surface area contributed by atoms with Gasteiger partial charge in [-0.2, -0.15) is 5.10 Å². The van der Waals surface area contributed by atoms with Crippen molar-refractivity contribution >= 4 is 28.0 Å². The van der Waals surface area contributed by atoms with Gasteiger partial charge in [-0.15, -0.1) is 5.10 Å². The summed E-state index contributed by atoms with van der Waals surface area (Å²) < 4.78 is 1.75. The molecule has 0 radical (unpaired) electrons.